The van der Waals surface area contributed by atoms with Crippen LogP contribution in [0.2, 0.25) is 0 Å². The van der Waals surface area contributed by atoms with Crippen molar-refractivity contribution in [3.05, 3.63) is 77.7 Å². The van der Waals surface area contributed by atoms with Gasteiger partial charge in [-0.2, -0.15) is 0 Å². The van der Waals surface area contributed by atoms with Gasteiger partial charge in [-0.15, -0.1) is 0 Å². The smallest absolute Gasteiger partial charge is 0.161 e. The molecule has 0 radical (unpaired) electrons. The first-order chi connectivity index (χ1) is 15.3. The van der Waals surface area contributed by atoms with Gasteiger partial charge in [0.1, 0.15) is 22.6 Å². The highest BCUT2D eigenvalue weighted by atomic mass is 16.3. The molecule has 0 amide bonds. The van der Waals surface area contributed by atoms with Gasteiger partial charge in [-0.1, -0.05) is 45.0 Å². The minimum atomic E-state index is 0.0112. The second-order valence-corrected chi connectivity index (χ2v) is 9.76. The van der Waals surface area contributed by atoms with Crippen molar-refractivity contribution in [3.63, 3.8) is 0 Å². The molecule has 0 N–H and O–H groups in total. The van der Waals surface area contributed by atoms with Crippen molar-refractivity contribution in [2.24, 2.45) is 0 Å². The lowest BCUT2D eigenvalue weighted by Gasteiger charge is -2.22. The number of fused-ring (bicyclic) bond motifs is 5. The topological polar surface area (TPSA) is 39.2 Å². The SMILES string of the molecule is Cc1oc2cc3oc4c(-c5cc(C(C)(C)C)c6ccccc6c5)nccc4c3cc2c1C. The number of aryl methyl sites for hydroxylation is 2. The van der Waals surface area contributed by atoms with Crippen LogP contribution in [0, 0.1) is 13.8 Å². The highest BCUT2D eigenvalue weighted by molar-refractivity contribution is 6.12. The van der Waals surface area contributed by atoms with Crippen molar-refractivity contribution in [3.8, 4) is 11.3 Å². The van der Waals surface area contributed by atoms with Crippen LogP contribution >= 0.6 is 0 Å². The Hall–Kier alpha value is -3.59. The third-order valence-corrected chi connectivity index (χ3v) is 6.63. The van der Waals surface area contributed by atoms with Crippen LogP contribution in [0.25, 0.3) is 54.9 Å². The van der Waals surface area contributed by atoms with E-state index in [1.54, 1.807) is 0 Å². The summed E-state index contributed by atoms with van der Waals surface area (Å²) in [6, 6.07) is 19.3. The number of nitrogens with zero attached hydrogens (tertiary/aromatic N) is 1. The number of rotatable bonds is 1. The van der Waals surface area contributed by atoms with E-state index < -0.39 is 0 Å². The lowest BCUT2D eigenvalue weighted by molar-refractivity contribution is 0.574. The maximum absolute atomic E-state index is 6.41. The summed E-state index contributed by atoms with van der Waals surface area (Å²) in [4.78, 5) is 4.77. The average molecular weight is 420 g/mol. The molecule has 3 aromatic carbocycles. The molecule has 0 saturated carbocycles. The Labute approximate surface area is 186 Å². The fourth-order valence-electron chi connectivity index (χ4n) is 4.81. The van der Waals surface area contributed by atoms with Crippen LogP contribution in [0.3, 0.4) is 0 Å². The fourth-order valence-corrected chi connectivity index (χ4v) is 4.81. The summed E-state index contributed by atoms with van der Waals surface area (Å²) in [5.74, 6) is 0.949. The van der Waals surface area contributed by atoms with Gasteiger partial charge < -0.3 is 8.83 Å². The summed E-state index contributed by atoms with van der Waals surface area (Å²) in [7, 11) is 0. The number of hydrogen-bond donors (Lipinski definition) is 0. The molecule has 3 heterocycles. The molecule has 3 heteroatoms. The molecule has 0 aliphatic heterocycles. The zero-order valence-corrected chi connectivity index (χ0v) is 19.0. The largest absolute Gasteiger partial charge is 0.461 e. The maximum atomic E-state index is 6.41. The Morgan fingerprint density at radius 1 is 0.750 bits per heavy atom. The van der Waals surface area contributed by atoms with Crippen molar-refractivity contribution in [2.45, 2.75) is 40.0 Å². The molecule has 0 bridgehead atoms. The summed E-state index contributed by atoms with van der Waals surface area (Å²) in [6.07, 6.45) is 1.89. The van der Waals surface area contributed by atoms with Gasteiger partial charge in [0.2, 0.25) is 0 Å². The van der Waals surface area contributed by atoms with E-state index in [4.69, 9.17) is 13.8 Å². The molecule has 0 aliphatic carbocycles. The van der Waals surface area contributed by atoms with E-state index in [-0.39, 0.29) is 5.41 Å². The monoisotopic (exact) mass is 419 g/mol. The van der Waals surface area contributed by atoms with Crippen molar-refractivity contribution in [2.75, 3.05) is 0 Å². The van der Waals surface area contributed by atoms with Crippen LogP contribution in [-0.2, 0) is 5.41 Å². The number of pyridine rings is 1. The van der Waals surface area contributed by atoms with Gasteiger partial charge in [-0.25, -0.2) is 0 Å². The molecule has 0 aliphatic rings. The van der Waals surface area contributed by atoms with Gasteiger partial charge in [0.05, 0.1) is 0 Å². The zero-order chi connectivity index (χ0) is 22.2. The highest BCUT2D eigenvalue weighted by Gasteiger charge is 2.21. The lowest BCUT2D eigenvalue weighted by atomic mass is 9.82. The van der Waals surface area contributed by atoms with Gasteiger partial charge >= 0.3 is 0 Å². The highest BCUT2D eigenvalue weighted by Crippen LogP contribution is 2.40. The summed E-state index contributed by atoms with van der Waals surface area (Å²) < 4.78 is 12.4. The van der Waals surface area contributed by atoms with Crippen LogP contribution in [-0.4, -0.2) is 4.98 Å². The number of furan rings is 2. The second-order valence-electron chi connectivity index (χ2n) is 9.76. The molecule has 158 valence electrons. The number of benzene rings is 3. The molecule has 6 rings (SSSR count). The molecule has 32 heavy (non-hydrogen) atoms. The van der Waals surface area contributed by atoms with E-state index in [1.165, 1.54) is 21.9 Å². The Morgan fingerprint density at radius 2 is 1.53 bits per heavy atom. The van der Waals surface area contributed by atoms with E-state index in [9.17, 15) is 0 Å². The van der Waals surface area contributed by atoms with E-state index in [0.717, 1.165) is 49.9 Å². The summed E-state index contributed by atoms with van der Waals surface area (Å²) in [6.45, 7) is 10.9. The Kier molecular flexibility index (Phi) is 3.86. The van der Waals surface area contributed by atoms with Crippen molar-refractivity contribution >= 4 is 43.7 Å². The standard InChI is InChI=1S/C29H25NO2/c1-16-17(2)31-25-15-26-23(14-22(16)25)21-10-11-30-27(28(21)32-26)19-12-18-8-6-7-9-20(18)24(13-19)29(3,4)5/h6-15H,1-5H3. The first-order valence-electron chi connectivity index (χ1n) is 11.1. The van der Waals surface area contributed by atoms with Crippen molar-refractivity contribution in [1.82, 2.24) is 4.98 Å². The molecule has 0 fully saturated rings. The lowest BCUT2D eigenvalue weighted by Crippen LogP contribution is -2.12. The minimum absolute atomic E-state index is 0.0112. The van der Waals surface area contributed by atoms with Gasteiger partial charge in [0.25, 0.3) is 0 Å². The van der Waals surface area contributed by atoms with Gasteiger partial charge in [0.15, 0.2) is 5.58 Å². The first kappa shape index (κ1) is 19.1. The molecule has 6 aromatic rings. The summed E-state index contributed by atoms with van der Waals surface area (Å²) in [5, 5.41) is 5.81. The molecule has 0 unspecified atom stereocenters. The minimum Gasteiger partial charge on any atom is -0.461 e. The third-order valence-electron chi connectivity index (χ3n) is 6.63. The third kappa shape index (κ3) is 2.70. The van der Waals surface area contributed by atoms with Gasteiger partial charge in [-0.05, 0) is 65.4 Å². The fraction of sp³-hybridized carbons (Fsp3) is 0.207. The molecule has 3 aromatic heterocycles. The van der Waals surface area contributed by atoms with E-state index in [0.29, 0.717) is 0 Å². The van der Waals surface area contributed by atoms with Gasteiger partial charge in [-0.3, -0.25) is 4.98 Å². The normalized spacial score (nSPS) is 12.5. The van der Waals surface area contributed by atoms with Gasteiger partial charge in [0, 0.05) is 34.0 Å². The van der Waals surface area contributed by atoms with Crippen molar-refractivity contribution < 1.29 is 8.83 Å². The predicted molar refractivity (Wildman–Crippen MR) is 132 cm³/mol. The molecular formula is C29H25NO2. The van der Waals surface area contributed by atoms with Crippen LogP contribution in [0.5, 0.6) is 0 Å². The number of aromatic nitrogens is 1. The van der Waals surface area contributed by atoms with Crippen LogP contribution in [0.1, 0.15) is 37.7 Å². The molecule has 0 saturated heterocycles. The second kappa shape index (κ2) is 6.46. The molecule has 0 spiro atoms. The van der Waals surface area contributed by atoms with Crippen LogP contribution in [0.15, 0.2) is 69.6 Å². The van der Waals surface area contributed by atoms with Crippen molar-refractivity contribution in [1.29, 1.82) is 0 Å². The predicted octanol–water partition coefficient (Wildman–Crippen LogP) is 8.46. The maximum Gasteiger partial charge on any atom is 0.161 e. The number of hydrogen-bond acceptors (Lipinski definition) is 3. The molecule has 0 atom stereocenters. The Balaban J connectivity index is 1.67. The van der Waals surface area contributed by atoms with E-state index in [1.807, 2.05) is 25.3 Å². The average Bonchev–Trinajstić information content (AvgIpc) is 3.27. The molecule has 3 nitrogen and oxygen atoms in total. The Morgan fingerprint density at radius 3 is 2.34 bits per heavy atom. The van der Waals surface area contributed by atoms with Crippen LogP contribution in [0.4, 0.5) is 0 Å². The first-order valence-corrected chi connectivity index (χ1v) is 11.1. The Bertz CT molecular complexity index is 1680. The van der Waals surface area contributed by atoms with E-state index >= 15 is 0 Å². The molecular weight excluding hydrogens is 394 g/mol. The van der Waals surface area contributed by atoms with E-state index in [2.05, 4.69) is 70.2 Å². The van der Waals surface area contributed by atoms with Crippen LogP contribution < -0.4 is 0 Å². The summed E-state index contributed by atoms with van der Waals surface area (Å²) >= 11 is 0. The zero-order valence-electron chi connectivity index (χ0n) is 19.0. The quantitative estimate of drug-likeness (QED) is 0.268. The summed E-state index contributed by atoms with van der Waals surface area (Å²) in [5.41, 5.74) is 6.96.